The summed E-state index contributed by atoms with van der Waals surface area (Å²) >= 11 is 0. The fourth-order valence-electron chi connectivity index (χ4n) is 9.53. The number of hydrogen-bond acceptors (Lipinski definition) is 6. The van der Waals surface area contributed by atoms with Crippen LogP contribution in [0.5, 0.6) is 11.5 Å². The van der Waals surface area contributed by atoms with Crippen LogP contribution in [0.3, 0.4) is 0 Å². The molecule has 2 aromatic carbocycles. The third-order valence-corrected chi connectivity index (χ3v) is 11.0. The summed E-state index contributed by atoms with van der Waals surface area (Å²) in [7, 11) is 0. The molecule has 5 bridgehead atoms. The van der Waals surface area contributed by atoms with Crippen LogP contribution < -0.4 is 4.74 Å². The first-order chi connectivity index (χ1) is 18.1. The van der Waals surface area contributed by atoms with Gasteiger partial charge in [0.15, 0.2) is 24.0 Å². The van der Waals surface area contributed by atoms with E-state index < -0.39 is 22.8 Å². The third kappa shape index (κ3) is 2.39. The van der Waals surface area contributed by atoms with Crippen LogP contribution in [-0.2, 0) is 32.6 Å². The molecular formula is C30H32N2O5. The minimum absolute atomic E-state index is 0.00607. The van der Waals surface area contributed by atoms with Crippen LogP contribution in [0.4, 0.5) is 0 Å². The van der Waals surface area contributed by atoms with E-state index in [1.54, 1.807) is 6.07 Å². The van der Waals surface area contributed by atoms with Gasteiger partial charge in [0.05, 0.1) is 11.5 Å². The fraction of sp³-hybridized carbons (Fsp3) is 0.567. The van der Waals surface area contributed by atoms with Crippen molar-refractivity contribution in [2.45, 2.75) is 74.0 Å². The van der Waals surface area contributed by atoms with E-state index in [1.165, 1.54) is 18.4 Å². The number of phenols is 1. The van der Waals surface area contributed by atoms with E-state index in [1.807, 2.05) is 23.1 Å². The molecular weight excluding hydrogens is 468 g/mol. The molecule has 1 spiro atoms. The van der Waals surface area contributed by atoms with Crippen molar-refractivity contribution in [1.82, 2.24) is 9.80 Å². The van der Waals surface area contributed by atoms with Crippen LogP contribution in [0, 0.1) is 11.8 Å². The van der Waals surface area contributed by atoms with E-state index >= 15 is 0 Å². The Labute approximate surface area is 216 Å². The molecule has 4 heterocycles. The Morgan fingerprint density at radius 3 is 2.76 bits per heavy atom. The number of carbonyl (C=O) groups is 1. The van der Waals surface area contributed by atoms with Crippen molar-refractivity contribution in [2.24, 2.45) is 11.8 Å². The highest BCUT2D eigenvalue weighted by atomic mass is 16.7. The molecule has 0 radical (unpaired) electrons. The van der Waals surface area contributed by atoms with E-state index in [-0.39, 0.29) is 30.4 Å². The summed E-state index contributed by atoms with van der Waals surface area (Å²) < 4.78 is 20.2. The van der Waals surface area contributed by atoms with Gasteiger partial charge in [-0.15, -0.1) is 0 Å². The molecule has 37 heavy (non-hydrogen) atoms. The van der Waals surface area contributed by atoms with E-state index in [0.717, 1.165) is 55.8 Å². The average Bonchev–Trinajstić information content (AvgIpc) is 3.64. The lowest BCUT2D eigenvalue weighted by Crippen LogP contribution is -2.77. The number of phenolic OH excluding ortho intramolecular Hbond substituents is 1. The number of nitrogens with zero attached hydrogens (tertiary/aromatic N) is 2. The van der Waals surface area contributed by atoms with Crippen LogP contribution in [-0.4, -0.2) is 64.2 Å². The van der Waals surface area contributed by atoms with Gasteiger partial charge in [-0.2, -0.15) is 0 Å². The molecule has 7 nitrogen and oxygen atoms in total. The van der Waals surface area contributed by atoms with Gasteiger partial charge >= 0.3 is 0 Å². The van der Waals surface area contributed by atoms with Gasteiger partial charge in [-0.3, -0.25) is 9.69 Å². The highest BCUT2D eigenvalue weighted by Gasteiger charge is 2.84. The van der Waals surface area contributed by atoms with Gasteiger partial charge in [-0.1, -0.05) is 36.4 Å². The van der Waals surface area contributed by atoms with E-state index in [0.29, 0.717) is 12.3 Å². The summed E-state index contributed by atoms with van der Waals surface area (Å²) in [5.74, 6) is 1.41. The Balaban J connectivity index is 1.27. The van der Waals surface area contributed by atoms with Gasteiger partial charge in [0.25, 0.3) is 5.91 Å². The first-order valence-electron chi connectivity index (χ1n) is 14.0. The molecule has 6 atom stereocenters. The molecule has 0 aromatic heterocycles. The molecule has 5 fully saturated rings. The molecule has 9 rings (SSSR count). The predicted molar refractivity (Wildman–Crippen MR) is 133 cm³/mol. The van der Waals surface area contributed by atoms with Gasteiger partial charge in [0.2, 0.25) is 0 Å². The number of aromatic hydroxyl groups is 1. The van der Waals surface area contributed by atoms with Crippen molar-refractivity contribution in [3.63, 3.8) is 0 Å². The zero-order valence-corrected chi connectivity index (χ0v) is 20.9. The molecule has 4 aliphatic heterocycles. The maximum Gasteiger partial charge on any atom is 0.254 e. The second-order valence-corrected chi connectivity index (χ2v) is 12.4. The Morgan fingerprint density at radius 1 is 1.05 bits per heavy atom. The summed E-state index contributed by atoms with van der Waals surface area (Å²) in [5.41, 5.74) is 1.76. The number of rotatable bonds is 4. The number of amides is 1. The summed E-state index contributed by atoms with van der Waals surface area (Å²) in [6, 6.07) is 14.3. The van der Waals surface area contributed by atoms with Crippen molar-refractivity contribution in [1.29, 1.82) is 0 Å². The standard InChI is InChI=1S/C30H32N2O5/c33-21-9-8-20-14-22-29-10-11-30-26(25(37-29)27(34)32(30)16-18-4-2-1-3-5-18)28(29,23(20)24(21)35-17-36-30)12-13-31(22)15-19-6-7-19/h1-5,8-9,19,22,25-26,33H,6-7,10-17H2/t22?,25-,26?,28?,29?,30?/m0/s1. The van der Waals surface area contributed by atoms with Crippen molar-refractivity contribution in [3.05, 3.63) is 59.2 Å². The van der Waals surface area contributed by atoms with E-state index in [9.17, 15) is 9.90 Å². The van der Waals surface area contributed by atoms with E-state index in [4.69, 9.17) is 14.2 Å². The van der Waals surface area contributed by atoms with Gasteiger partial charge in [-0.25, -0.2) is 0 Å². The first-order valence-corrected chi connectivity index (χ1v) is 14.0. The quantitative estimate of drug-likeness (QED) is 0.695. The lowest BCUT2D eigenvalue weighted by atomic mass is 9.45. The molecule has 3 aliphatic carbocycles. The minimum Gasteiger partial charge on any atom is -0.504 e. The Kier molecular flexibility index (Phi) is 3.96. The second-order valence-electron chi connectivity index (χ2n) is 12.4. The van der Waals surface area contributed by atoms with Crippen molar-refractivity contribution in [3.8, 4) is 11.5 Å². The van der Waals surface area contributed by atoms with Crippen molar-refractivity contribution < 1.29 is 24.1 Å². The second kappa shape index (κ2) is 6.87. The Bertz CT molecular complexity index is 1330. The van der Waals surface area contributed by atoms with Crippen molar-refractivity contribution >= 4 is 5.91 Å². The molecule has 5 unspecified atom stereocenters. The van der Waals surface area contributed by atoms with Crippen LogP contribution in [0.2, 0.25) is 0 Å². The van der Waals surface area contributed by atoms with Gasteiger partial charge in [-0.05, 0) is 68.2 Å². The summed E-state index contributed by atoms with van der Waals surface area (Å²) in [6.07, 6.45) is 5.46. The Hall–Kier alpha value is -2.61. The minimum atomic E-state index is -0.779. The lowest BCUT2D eigenvalue weighted by Gasteiger charge is -2.67. The zero-order chi connectivity index (χ0) is 24.6. The van der Waals surface area contributed by atoms with E-state index in [2.05, 4.69) is 23.1 Å². The third-order valence-electron chi connectivity index (χ3n) is 11.0. The highest BCUT2D eigenvalue weighted by molar-refractivity contribution is 5.87. The number of hydrogen-bond donors (Lipinski definition) is 1. The molecule has 1 amide bonds. The highest BCUT2D eigenvalue weighted by Crippen LogP contribution is 2.74. The maximum atomic E-state index is 14.3. The largest absolute Gasteiger partial charge is 0.504 e. The number of likely N-dealkylation sites (tertiary alicyclic amines) is 2. The Morgan fingerprint density at radius 2 is 1.92 bits per heavy atom. The summed E-state index contributed by atoms with van der Waals surface area (Å²) in [5, 5.41) is 11.0. The summed E-state index contributed by atoms with van der Waals surface area (Å²) in [6.45, 7) is 2.60. The van der Waals surface area contributed by atoms with Gasteiger partial charge < -0.3 is 24.2 Å². The maximum absolute atomic E-state index is 14.3. The number of piperidine rings is 1. The smallest absolute Gasteiger partial charge is 0.254 e. The van der Waals surface area contributed by atoms with Crippen LogP contribution >= 0.6 is 0 Å². The first kappa shape index (κ1) is 21.3. The average molecular weight is 501 g/mol. The van der Waals surface area contributed by atoms with Crippen molar-refractivity contribution in [2.75, 3.05) is 19.9 Å². The molecule has 192 valence electrons. The lowest BCUT2D eigenvalue weighted by molar-refractivity contribution is -0.259. The molecule has 7 aliphatic rings. The number of ether oxygens (including phenoxy) is 3. The normalized spacial score (nSPS) is 40.8. The number of benzene rings is 2. The molecule has 3 saturated heterocycles. The van der Waals surface area contributed by atoms with Gasteiger partial charge in [0, 0.05) is 30.1 Å². The SMILES string of the molecule is O=C1[C@H]2OC34CCC5(OCOc6c(O)ccc7c6C3(CCN(CC3CC3)C4C7)C25)N1Cc1ccccc1. The van der Waals surface area contributed by atoms with Gasteiger partial charge in [0.1, 0.15) is 6.10 Å². The zero-order valence-electron chi connectivity index (χ0n) is 20.9. The molecule has 2 aromatic rings. The monoisotopic (exact) mass is 500 g/mol. The predicted octanol–water partition coefficient (Wildman–Crippen LogP) is 3.32. The van der Waals surface area contributed by atoms with Crippen LogP contribution in [0.15, 0.2) is 42.5 Å². The van der Waals surface area contributed by atoms with Crippen LogP contribution in [0.1, 0.15) is 48.8 Å². The molecule has 2 saturated carbocycles. The molecule has 1 N–H and O–H groups in total. The number of carbonyl (C=O) groups excluding carboxylic acids is 1. The topological polar surface area (TPSA) is 71.5 Å². The summed E-state index contributed by atoms with van der Waals surface area (Å²) in [4.78, 5) is 18.9. The molecule has 7 heteroatoms. The fourth-order valence-corrected chi connectivity index (χ4v) is 9.53. The van der Waals surface area contributed by atoms with Crippen LogP contribution in [0.25, 0.3) is 0 Å².